The normalized spacial score (nSPS) is 12.0. The van der Waals surface area contributed by atoms with Crippen molar-refractivity contribution in [3.63, 3.8) is 0 Å². The van der Waals surface area contributed by atoms with Crippen molar-refractivity contribution < 1.29 is 18.6 Å². The highest BCUT2D eigenvalue weighted by Crippen LogP contribution is 2.38. The van der Waals surface area contributed by atoms with Crippen LogP contribution in [-0.4, -0.2) is 72.5 Å². The molecule has 1 unspecified atom stereocenters. The van der Waals surface area contributed by atoms with Gasteiger partial charge in [0.2, 0.25) is 5.95 Å². The number of H-pyrrole nitrogens is 1. The second-order valence-electron chi connectivity index (χ2n) is 9.43. The number of nitrogens with one attached hydrogen (secondary N) is 3. The Morgan fingerprint density at radius 1 is 1.18 bits per heavy atom. The molecule has 0 aliphatic rings. The quantitative estimate of drug-likeness (QED) is 0.159. The van der Waals surface area contributed by atoms with E-state index in [2.05, 4.69) is 42.0 Å². The van der Waals surface area contributed by atoms with Crippen LogP contribution < -0.4 is 20.3 Å². The number of methoxy groups -OCH3 is 1. The molecule has 4 aromatic rings. The van der Waals surface area contributed by atoms with Crippen molar-refractivity contribution in [1.29, 1.82) is 0 Å². The van der Waals surface area contributed by atoms with Crippen LogP contribution >= 0.6 is 0 Å². The summed E-state index contributed by atoms with van der Waals surface area (Å²) >= 11 is 0. The third-order valence-electron chi connectivity index (χ3n) is 6.41. The summed E-state index contributed by atoms with van der Waals surface area (Å²) < 4.78 is 34.7. The van der Waals surface area contributed by atoms with Crippen molar-refractivity contribution in [3.05, 3.63) is 66.5 Å². The molecule has 4 rings (SSSR count). The Morgan fingerprint density at radius 2 is 1.95 bits per heavy atom. The van der Waals surface area contributed by atoms with Crippen LogP contribution in [0.4, 0.5) is 31.8 Å². The molecule has 0 saturated heterocycles. The molecule has 9 nitrogen and oxygen atoms in total. The maximum absolute atomic E-state index is 15.0. The average molecular weight is 538 g/mol. The number of fused-ring (bicyclic) bond motifs is 1. The summed E-state index contributed by atoms with van der Waals surface area (Å²) in [6, 6.07) is 6.57. The first-order chi connectivity index (χ1) is 18.6. The van der Waals surface area contributed by atoms with Gasteiger partial charge in [-0.2, -0.15) is 0 Å². The fourth-order valence-electron chi connectivity index (χ4n) is 4.16. The SMILES string of the molecule is C=CC(O)Nc1cc(Nc2nccc(-c3c[nH]c4cc(F)c(C)c(F)c34)n2)c(OC)cc1N(C)CCN(C)C. The summed E-state index contributed by atoms with van der Waals surface area (Å²) in [5.41, 5.74) is 3.20. The monoisotopic (exact) mass is 537 g/mol. The number of nitrogens with zero attached hydrogens (tertiary/aromatic N) is 4. The number of benzene rings is 2. The lowest BCUT2D eigenvalue weighted by molar-refractivity contribution is 0.253. The van der Waals surface area contributed by atoms with Gasteiger partial charge in [0.25, 0.3) is 0 Å². The maximum atomic E-state index is 15.0. The summed E-state index contributed by atoms with van der Waals surface area (Å²) in [6.45, 7) is 6.60. The van der Waals surface area contributed by atoms with Gasteiger partial charge in [-0.3, -0.25) is 0 Å². The molecule has 0 fully saturated rings. The lowest BCUT2D eigenvalue weighted by atomic mass is 10.1. The van der Waals surface area contributed by atoms with Gasteiger partial charge in [0.15, 0.2) is 0 Å². The molecule has 0 spiro atoms. The van der Waals surface area contributed by atoms with Gasteiger partial charge in [0.05, 0.1) is 35.4 Å². The molecular formula is C28H33F2N7O2. The molecule has 2 aromatic heterocycles. The standard InChI is InChI=1S/C28H33F2N7O2/c1-7-25(38)33-20-13-21(24(39-6)14-23(20)37(5)11-10-36(3)4)35-28-31-9-8-19(34-28)17-15-32-22-12-18(29)16(2)27(30)26(17)22/h7-9,12-15,25,32-33,38H,1,10-11H2,2-6H3,(H,31,34,35). The van der Waals surface area contributed by atoms with Crippen molar-refractivity contribution in [2.75, 3.05) is 56.9 Å². The summed E-state index contributed by atoms with van der Waals surface area (Å²) in [7, 11) is 7.52. The Labute approximate surface area is 226 Å². The van der Waals surface area contributed by atoms with E-state index < -0.39 is 17.9 Å². The van der Waals surface area contributed by atoms with Crippen molar-refractivity contribution >= 4 is 33.9 Å². The molecule has 0 aliphatic carbocycles. The molecule has 4 N–H and O–H groups in total. The largest absolute Gasteiger partial charge is 0.494 e. The molecule has 0 aliphatic heterocycles. The molecule has 206 valence electrons. The highest BCUT2D eigenvalue weighted by atomic mass is 19.1. The number of aliphatic hydroxyl groups is 1. The minimum atomic E-state index is -0.975. The second kappa shape index (κ2) is 11.7. The Hall–Kier alpha value is -4.22. The van der Waals surface area contributed by atoms with E-state index in [4.69, 9.17) is 4.74 Å². The van der Waals surface area contributed by atoms with Crippen LogP contribution in [0.3, 0.4) is 0 Å². The van der Waals surface area contributed by atoms with Crippen LogP contribution in [-0.2, 0) is 0 Å². The summed E-state index contributed by atoms with van der Waals surface area (Å²) in [4.78, 5) is 16.0. The summed E-state index contributed by atoms with van der Waals surface area (Å²) in [6.07, 6.45) is 3.56. The lowest BCUT2D eigenvalue weighted by Gasteiger charge is -2.27. The van der Waals surface area contributed by atoms with Gasteiger partial charge < -0.3 is 35.3 Å². The van der Waals surface area contributed by atoms with Gasteiger partial charge in [0, 0.05) is 55.1 Å². The fourth-order valence-corrected chi connectivity index (χ4v) is 4.16. The third-order valence-corrected chi connectivity index (χ3v) is 6.41. The molecule has 0 radical (unpaired) electrons. The van der Waals surface area contributed by atoms with Crippen molar-refractivity contribution in [1.82, 2.24) is 19.9 Å². The smallest absolute Gasteiger partial charge is 0.227 e. The van der Waals surface area contributed by atoms with E-state index in [1.807, 2.05) is 27.2 Å². The van der Waals surface area contributed by atoms with Crippen LogP contribution in [0, 0.1) is 18.6 Å². The average Bonchev–Trinajstić information content (AvgIpc) is 3.34. The van der Waals surface area contributed by atoms with Crippen LogP contribution in [0.5, 0.6) is 5.75 Å². The molecule has 2 heterocycles. The van der Waals surface area contributed by atoms with E-state index in [1.54, 1.807) is 31.6 Å². The predicted molar refractivity (Wildman–Crippen MR) is 152 cm³/mol. The zero-order chi connectivity index (χ0) is 28.3. The molecule has 0 amide bonds. The number of aromatic amines is 1. The van der Waals surface area contributed by atoms with Crippen molar-refractivity contribution in [2.24, 2.45) is 0 Å². The second-order valence-corrected chi connectivity index (χ2v) is 9.43. The number of aliphatic hydroxyl groups excluding tert-OH is 1. The number of aromatic nitrogens is 3. The topological polar surface area (TPSA) is 102 Å². The molecule has 0 bridgehead atoms. The van der Waals surface area contributed by atoms with E-state index in [-0.39, 0.29) is 16.9 Å². The zero-order valence-corrected chi connectivity index (χ0v) is 22.6. The maximum Gasteiger partial charge on any atom is 0.227 e. The number of hydrogen-bond acceptors (Lipinski definition) is 8. The van der Waals surface area contributed by atoms with Crippen molar-refractivity contribution in [2.45, 2.75) is 13.2 Å². The van der Waals surface area contributed by atoms with Crippen LogP contribution in [0.25, 0.3) is 22.2 Å². The van der Waals surface area contributed by atoms with E-state index in [1.165, 1.54) is 19.1 Å². The van der Waals surface area contributed by atoms with Gasteiger partial charge in [-0.1, -0.05) is 6.58 Å². The van der Waals surface area contributed by atoms with Gasteiger partial charge >= 0.3 is 0 Å². The minimum absolute atomic E-state index is 0.0575. The summed E-state index contributed by atoms with van der Waals surface area (Å²) in [5.74, 6) is -0.490. The summed E-state index contributed by atoms with van der Waals surface area (Å²) in [5, 5.41) is 16.7. The number of rotatable bonds is 11. The minimum Gasteiger partial charge on any atom is -0.494 e. The Morgan fingerprint density at radius 3 is 2.64 bits per heavy atom. The Bertz CT molecular complexity index is 1490. The van der Waals surface area contributed by atoms with Gasteiger partial charge in [-0.15, -0.1) is 0 Å². The molecule has 0 saturated carbocycles. The Kier molecular flexibility index (Phi) is 8.32. The van der Waals surface area contributed by atoms with Gasteiger partial charge in [-0.25, -0.2) is 18.7 Å². The number of likely N-dealkylation sites (N-methyl/N-ethyl adjacent to an activating group) is 2. The lowest BCUT2D eigenvalue weighted by Crippen LogP contribution is -2.29. The van der Waals surface area contributed by atoms with E-state index >= 15 is 0 Å². The van der Waals surface area contributed by atoms with Crippen LogP contribution in [0.1, 0.15) is 5.56 Å². The first-order valence-corrected chi connectivity index (χ1v) is 12.3. The highest BCUT2D eigenvalue weighted by molar-refractivity contribution is 5.95. The molecule has 2 aromatic carbocycles. The fraction of sp³-hybridized carbons (Fsp3) is 0.286. The molecular weight excluding hydrogens is 504 g/mol. The van der Waals surface area contributed by atoms with E-state index in [0.29, 0.717) is 33.9 Å². The predicted octanol–water partition coefficient (Wildman–Crippen LogP) is 4.88. The number of ether oxygens (including phenoxy) is 1. The number of halogens is 2. The first kappa shape index (κ1) is 27.8. The zero-order valence-electron chi connectivity index (χ0n) is 22.6. The van der Waals surface area contributed by atoms with Crippen LogP contribution in [0.15, 0.2) is 49.3 Å². The molecule has 11 heteroatoms. The first-order valence-electron chi connectivity index (χ1n) is 12.3. The molecule has 1 atom stereocenters. The molecule has 39 heavy (non-hydrogen) atoms. The highest BCUT2D eigenvalue weighted by Gasteiger charge is 2.19. The van der Waals surface area contributed by atoms with Gasteiger partial charge in [-0.05, 0) is 45.3 Å². The van der Waals surface area contributed by atoms with Gasteiger partial charge in [0.1, 0.15) is 23.6 Å². The van der Waals surface area contributed by atoms with Crippen molar-refractivity contribution in [3.8, 4) is 17.0 Å². The van der Waals surface area contributed by atoms with Crippen LogP contribution in [0.2, 0.25) is 0 Å². The van der Waals surface area contributed by atoms with E-state index in [0.717, 1.165) is 18.8 Å². The number of hydrogen-bond donors (Lipinski definition) is 4. The third kappa shape index (κ3) is 5.94. The Balaban J connectivity index is 1.72. The number of anilines is 4. The van der Waals surface area contributed by atoms with E-state index in [9.17, 15) is 13.9 Å².